The molecule has 0 aromatic carbocycles. The van der Waals surface area contributed by atoms with Crippen LogP contribution in [0.1, 0.15) is 51.1 Å². The average molecular weight is 238 g/mol. The van der Waals surface area contributed by atoms with E-state index in [9.17, 15) is 0 Å². The Labute approximate surface area is 105 Å². The lowest BCUT2D eigenvalue weighted by Crippen LogP contribution is -2.22. The zero-order valence-electron chi connectivity index (χ0n) is 11.2. The van der Waals surface area contributed by atoms with Crippen molar-refractivity contribution in [2.75, 3.05) is 6.54 Å². The van der Waals surface area contributed by atoms with Gasteiger partial charge in [0.1, 0.15) is 11.5 Å². The van der Waals surface area contributed by atoms with Crippen LogP contribution in [0, 0.1) is 5.92 Å². The van der Waals surface area contributed by atoms with Gasteiger partial charge in [-0.25, -0.2) is 0 Å². The van der Waals surface area contributed by atoms with Gasteiger partial charge in [-0.2, -0.15) is 0 Å². The summed E-state index contributed by atoms with van der Waals surface area (Å²) in [6.45, 7) is 6.88. The third-order valence-electron chi connectivity index (χ3n) is 3.19. The molecule has 0 aliphatic carbocycles. The molecule has 3 heteroatoms. The van der Waals surface area contributed by atoms with Gasteiger partial charge in [-0.15, -0.1) is 0 Å². The molecule has 1 unspecified atom stereocenters. The molecule has 1 aromatic rings. The Hall–Kier alpha value is -0.800. The van der Waals surface area contributed by atoms with E-state index in [1.807, 2.05) is 12.1 Å². The summed E-state index contributed by atoms with van der Waals surface area (Å²) in [6, 6.07) is 3.95. The number of nitrogens with one attached hydrogen (secondary N) is 1. The molecule has 1 heterocycles. The fourth-order valence-corrected chi connectivity index (χ4v) is 1.97. The van der Waals surface area contributed by atoms with Crippen LogP contribution < -0.4 is 11.1 Å². The molecule has 1 aromatic heterocycles. The van der Waals surface area contributed by atoms with E-state index in [2.05, 4.69) is 19.2 Å². The maximum absolute atomic E-state index is 5.54. The highest BCUT2D eigenvalue weighted by atomic mass is 16.3. The predicted molar refractivity (Wildman–Crippen MR) is 71.6 cm³/mol. The lowest BCUT2D eigenvalue weighted by molar-refractivity contribution is 0.395. The molecular weight excluding hydrogens is 212 g/mol. The topological polar surface area (TPSA) is 51.2 Å². The quantitative estimate of drug-likeness (QED) is 0.695. The van der Waals surface area contributed by atoms with Crippen molar-refractivity contribution in [3.8, 4) is 0 Å². The Morgan fingerprint density at radius 2 is 2.06 bits per heavy atom. The molecule has 0 fully saturated rings. The maximum Gasteiger partial charge on any atom is 0.118 e. The summed E-state index contributed by atoms with van der Waals surface area (Å²) in [6.07, 6.45) is 5.19. The first kappa shape index (κ1) is 14.3. The second-order valence-corrected chi connectivity index (χ2v) is 4.62. The van der Waals surface area contributed by atoms with Crippen LogP contribution in [0.25, 0.3) is 0 Å². The Morgan fingerprint density at radius 3 is 2.65 bits per heavy atom. The van der Waals surface area contributed by atoms with E-state index in [1.165, 1.54) is 25.7 Å². The minimum Gasteiger partial charge on any atom is -0.463 e. The van der Waals surface area contributed by atoms with Crippen LogP contribution in [0.5, 0.6) is 0 Å². The first-order valence-corrected chi connectivity index (χ1v) is 6.78. The lowest BCUT2D eigenvalue weighted by Gasteiger charge is -2.14. The average Bonchev–Trinajstić information content (AvgIpc) is 2.81. The van der Waals surface area contributed by atoms with Crippen molar-refractivity contribution < 1.29 is 4.42 Å². The third kappa shape index (κ3) is 5.37. The zero-order valence-corrected chi connectivity index (χ0v) is 11.2. The van der Waals surface area contributed by atoms with Crippen LogP contribution in [0.2, 0.25) is 0 Å². The molecule has 0 bridgehead atoms. The molecular formula is C14H26N2O. The lowest BCUT2D eigenvalue weighted by atomic mass is 9.99. The van der Waals surface area contributed by atoms with Gasteiger partial charge >= 0.3 is 0 Å². The van der Waals surface area contributed by atoms with Crippen LogP contribution in [0.15, 0.2) is 16.5 Å². The highest BCUT2D eigenvalue weighted by molar-refractivity contribution is 5.06. The van der Waals surface area contributed by atoms with Gasteiger partial charge in [0.05, 0.1) is 13.1 Å². The second kappa shape index (κ2) is 8.31. The molecule has 98 valence electrons. The molecule has 0 saturated heterocycles. The molecule has 3 N–H and O–H groups in total. The standard InChI is InChI=1S/C14H26N2O/c1-3-5-6-12(4-2)10-16-11-14-8-7-13(9-15)17-14/h7-8,12,16H,3-6,9-11,15H2,1-2H3. The van der Waals surface area contributed by atoms with Gasteiger partial charge in [0.25, 0.3) is 0 Å². The van der Waals surface area contributed by atoms with Crippen molar-refractivity contribution >= 4 is 0 Å². The van der Waals surface area contributed by atoms with Crippen LogP contribution >= 0.6 is 0 Å². The number of hydrogen-bond acceptors (Lipinski definition) is 3. The second-order valence-electron chi connectivity index (χ2n) is 4.62. The minimum atomic E-state index is 0.480. The van der Waals surface area contributed by atoms with Gasteiger partial charge in [-0.05, 0) is 31.0 Å². The molecule has 0 saturated carbocycles. The summed E-state index contributed by atoms with van der Waals surface area (Å²) < 4.78 is 5.54. The monoisotopic (exact) mass is 238 g/mol. The Kier molecular flexibility index (Phi) is 6.97. The van der Waals surface area contributed by atoms with Gasteiger partial charge in [-0.3, -0.25) is 0 Å². The fraction of sp³-hybridized carbons (Fsp3) is 0.714. The highest BCUT2D eigenvalue weighted by Gasteiger charge is 2.06. The van der Waals surface area contributed by atoms with Crippen LogP contribution in [-0.2, 0) is 13.1 Å². The smallest absolute Gasteiger partial charge is 0.118 e. The Morgan fingerprint density at radius 1 is 1.29 bits per heavy atom. The summed E-state index contributed by atoms with van der Waals surface area (Å²) in [4.78, 5) is 0. The van der Waals surface area contributed by atoms with E-state index in [0.29, 0.717) is 6.54 Å². The Bertz CT molecular complexity index is 296. The van der Waals surface area contributed by atoms with Crippen molar-refractivity contribution in [2.24, 2.45) is 11.7 Å². The molecule has 0 spiro atoms. The Balaban J connectivity index is 2.21. The van der Waals surface area contributed by atoms with E-state index >= 15 is 0 Å². The minimum absolute atomic E-state index is 0.480. The SMILES string of the molecule is CCCCC(CC)CNCc1ccc(CN)o1. The first-order valence-electron chi connectivity index (χ1n) is 6.78. The van der Waals surface area contributed by atoms with Crippen molar-refractivity contribution in [1.82, 2.24) is 5.32 Å². The van der Waals surface area contributed by atoms with Gasteiger partial charge in [0.15, 0.2) is 0 Å². The van der Waals surface area contributed by atoms with E-state index in [1.54, 1.807) is 0 Å². The first-order chi connectivity index (χ1) is 8.30. The third-order valence-corrected chi connectivity index (χ3v) is 3.19. The zero-order chi connectivity index (χ0) is 12.5. The summed E-state index contributed by atoms with van der Waals surface area (Å²) in [5.41, 5.74) is 5.50. The summed E-state index contributed by atoms with van der Waals surface area (Å²) in [5.74, 6) is 2.63. The summed E-state index contributed by atoms with van der Waals surface area (Å²) in [5, 5.41) is 3.46. The van der Waals surface area contributed by atoms with Crippen molar-refractivity contribution in [3.05, 3.63) is 23.7 Å². The number of unbranched alkanes of at least 4 members (excludes halogenated alkanes) is 1. The fourth-order valence-electron chi connectivity index (χ4n) is 1.97. The van der Waals surface area contributed by atoms with Crippen molar-refractivity contribution in [1.29, 1.82) is 0 Å². The summed E-state index contributed by atoms with van der Waals surface area (Å²) in [7, 11) is 0. The molecule has 3 nitrogen and oxygen atoms in total. The van der Waals surface area contributed by atoms with Crippen LogP contribution in [0.3, 0.4) is 0 Å². The van der Waals surface area contributed by atoms with Gasteiger partial charge in [-0.1, -0.05) is 33.1 Å². The highest BCUT2D eigenvalue weighted by Crippen LogP contribution is 2.12. The van der Waals surface area contributed by atoms with Crippen molar-refractivity contribution in [3.63, 3.8) is 0 Å². The maximum atomic E-state index is 5.54. The number of nitrogens with two attached hydrogens (primary N) is 1. The van der Waals surface area contributed by atoms with Crippen molar-refractivity contribution in [2.45, 2.75) is 52.6 Å². The van der Waals surface area contributed by atoms with E-state index in [4.69, 9.17) is 10.2 Å². The van der Waals surface area contributed by atoms with Crippen LogP contribution in [0.4, 0.5) is 0 Å². The van der Waals surface area contributed by atoms with Gasteiger partial charge in [0, 0.05) is 0 Å². The van der Waals surface area contributed by atoms with Crippen LogP contribution in [-0.4, -0.2) is 6.54 Å². The molecule has 17 heavy (non-hydrogen) atoms. The molecule has 1 atom stereocenters. The largest absolute Gasteiger partial charge is 0.463 e. The molecule has 0 amide bonds. The molecule has 0 aliphatic rings. The normalized spacial score (nSPS) is 12.9. The van der Waals surface area contributed by atoms with E-state index in [0.717, 1.165) is 30.5 Å². The molecule has 0 radical (unpaired) electrons. The number of hydrogen-bond donors (Lipinski definition) is 2. The summed E-state index contributed by atoms with van der Waals surface area (Å²) >= 11 is 0. The number of furan rings is 1. The van der Waals surface area contributed by atoms with E-state index in [-0.39, 0.29) is 0 Å². The molecule has 1 rings (SSSR count). The predicted octanol–water partition coefficient (Wildman–Crippen LogP) is 3.04. The van der Waals surface area contributed by atoms with E-state index < -0.39 is 0 Å². The number of rotatable bonds is 9. The van der Waals surface area contributed by atoms with Gasteiger partial charge in [0.2, 0.25) is 0 Å². The van der Waals surface area contributed by atoms with Gasteiger partial charge < -0.3 is 15.5 Å². The molecule has 0 aliphatic heterocycles.